The van der Waals surface area contributed by atoms with E-state index in [0.29, 0.717) is 18.1 Å². The number of aromatic nitrogens is 2. The summed E-state index contributed by atoms with van der Waals surface area (Å²) in [5.74, 6) is -0.702. The largest absolute Gasteiger partial charge is 0.392 e. The van der Waals surface area contributed by atoms with Crippen LogP contribution in [0.4, 0.5) is 0 Å². The van der Waals surface area contributed by atoms with Crippen LogP contribution in [-0.4, -0.2) is 30.5 Å². The predicted octanol–water partition coefficient (Wildman–Crippen LogP) is 5.91. The average molecular weight is 594 g/mol. The average Bonchev–Trinajstić information content (AvgIpc) is 3.19. The fraction of sp³-hybridized carbons (Fsp3) is 0.333. The molecule has 0 unspecified atom stereocenters. The number of aliphatic hydroxyl groups excluding tert-OH is 1. The van der Waals surface area contributed by atoms with Crippen LogP contribution in [0.1, 0.15) is 41.1 Å². The first kappa shape index (κ1) is 27.5. The first-order valence-electron chi connectivity index (χ1n) is 10.9. The number of aliphatic hydroxyl groups is 1. The first-order valence-corrected chi connectivity index (χ1v) is 12.8. The molecule has 2 heterocycles. The van der Waals surface area contributed by atoms with Crippen LogP contribution in [0.2, 0.25) is 10.3 Å². The van der Waals surface area contributed by atoms with Crippen molar-refractivity contribution in [1.82, 2.24) is 14.9 Å². The van der Waals surface area contributed by atoms with Gasteiger partial charge in [-0.3, -0.25) is 4.79 Å². The molecule has 7 nitrogen and oxygen atoms in total. The van der Waals surface area contributed by atoms with E-state index in [2.05, 4.69) is 10.3 Å². The number of benzene rings is 2. The monoisotopic (exact) mass is 591 g/mol. The number of rotatable bonds is 7. The lowest BCUT2D eigenvalue weighted by Crippen LogP contribution is -2.34. The minimum absolute atomic E-state index is 0.0332. The van der Waals surface area contributed by atoms with Crippen LogP contribution in [-0.2, 0) is 34.0 Å². The molecule has 3 aromatic rings. The Hall–Kier alpha value is -1.55. The van der Waals surface area contributed by atoms with Crippen molar-refractivity contribution < 1.29 is 19.4 Å². The highest BCUT2D eigenvalue weighted by atomic mass is 35.6. The maximum absolute atomic E-state index is 11.8. The number of imidazole rings is 1. The van der Waals surface area contributed by atoms with Gasteiger partial charge in [0.1, 0.15) is 5.15 Å². The first-order chi connectivity index (χ1) is 17.1. The van der Waals surface area contributed by atoms with Crippen molar-refractivity contribution >= 4 is 63.9 Å². The molecule has 4 rings (SSSR count). The van der Waals surface area contributed by atoms with Gasteiger partial charge < -0.3 is 24.5 Å². The summed E-state index contributed by atoms with van der Waals surface area (Å²) in [6.45, 7) is 0.598. The smallest absolute Gasteiger partial charge is 0.272 e. The van der Waals surface area contributed by atoms with Crippen molar-refractivity contribution in [3.8, 4) is 0 Å². The quantitative estimate of drug-likeness (QED) is 0.333. The summed E-state index contributed by atoms with van der Waals surface area (Å²) in [4.78, 5) is 15.8. The second-order valence-corrected chi connectivity index (χ2v) is 11.2. The number of halogens is 5. The number of hydrogen-bond acceptors (Lipinski definition) is 5. The van der Waals surface area contributed by atoms with E-state index >= 15 is 0 Å². The van der Waals surface area contributed by atoms with E-state index in [1.54, 1.807) is 10.9 Å². The third-order valence-electron chi connectivity index (χ3n) is 5.71. The molecule has 1 amide bonds. The number of ether oxygens (including phenoxy) is 2. The summed E-state index contributed by atoms with van der Waals surface area (Å²) >= 11 is 29.1. The van der Waals surface area contributed by atoms with E-state index in [1.807, 2.05) is 48.5 Å². The number of nitrogens with zero attached hydrogens (tertiary/aromatic N) is 2. The highest BCUT2D eigenvalue weighted by Crippen LogP contribution is 2.39. The molecular weight excluding hydrogens is 572 g/mol. The summed E-state index contributed by atoms with van der Waals surface area (Å²) in [5.41, 5.74) is 3.38. The fourth-order valence-electron chi connectivity index (χ4n) is 3.80. The lowest BCUT2D eigenvalue weighted by molar-refractivity contribution is -0.252. The number of hydrogen-bond donors (Lipinski definition) is 2. The number of amides is 1. The van der Waals surface area contributed by atoms with Gasteiger partial charge in [-0.15, -0.1) is 0 Å². The van der Waals surface area contributed by atoms with Gasteiger partial charge in [0.15, 0.2) is 11.4 Å². The molecule has 2 N–H and O–H groups in total. The van der Waals surface area contributed by atoms with E-state index in [4.69, 9.17) is 67.5 Å². The van der Waals surface area contributed by atoms with Crippen molar-refractivity contribution in [3.05, 3.63) is 87.4 Å². The summed E-state index contributed by atoms with van der Waals surface area (Å²) < 4.78 is 12.3. The van der Waals surface area contributed by atoms with Gasteiger partial charge in [0, 0.05) is 18.5 Å². The van der Waals surface area contributed by atoms with Crippen LogP contribution in [0.15, 0.2) is 54.9 Å². The second kappa shape index (κ2) is 11.9. The maximum atomic E-state index is 11.8. The van der Waals surface area contributed by atoms with Crippen LogP contribution in [0.5, 0.6) is 0 Å². The second-order valence-electron chi connectivity index (χ2n) is 8.25. The topological polar surface area (TPSA) is 85.6 Å². The van der Waals surface area contributed by atoms with Crippen molar-refractivity contribution in [1.29, 1.82) is 0 Å². The molecule has 0 radical (unpaired) electrons. The molecule has 1 aromatic heterocycles. The van der Waals surface area contributed by atoms with Crippen LogP contribution < -0.4 is 5.32 Å². The zero-order chi connectivity index (χ0) is 25.9. The minimum atomic E-state index is -2.02. The van der Waals surface area contributed by atoms with Crippen molar-refractivity contribution in [2.75, 3.05) is 0 Å². The Bertz CT molecular complexity index is 1180. The van der Waals surface area contributed by atoms with E-state index in [0.717, 1.165) is 22.3 Å². The number of carbonyl (C=O) groups excluding carboxylic acids is 1. The van der Waals surface area contributed by atoms with Gasteiger partial charge in [0.25, 0.3) is 9.70 Å². The molecule has 12 heteroatoms. The van der Waals surface area contributed by atoms with Crippen LogP contribution in [0.3, 0.4) is 0 Å². The third kappa shape index (κ3) is 6.85. The molecule has 192 valence electrons. The summed E-state index contributed by atoms with van der Waals surface area (Å²) in [5, 5.41) is 12.5. The molecule has 1 fully saturated rings. The Morgan fingerprint density at radius 3 is 2.25 bits per heavy atom. The maximum Gasteiger partial charge on any atom is 0.272 e. The van der Waals surface area contributed by atoms with Crippen molar-refractivity contribution in [3.63, 3.8) is 0 Å². The van der Waals surface area contributed by atoms with E-state index < -0.39 is 16.0 Å². The molecule has 1 aliphatic heterocycles. The van der Waals surface area contributed by atoms with Crippen LogP contribution in [0.25, 0.3) is 0 Å². The molecule has 1 aliphatic rings. The lowest BCUT2D eigenvalue weighted by atomic mass is 10.00. The number of carbonyl (C=O) groups is 1. The Morgan fingerprint density at radius 1 is 1.03 bits per heavy atom. The van der Waals surface area contributed by atoms with Crippen LogP contribution in [0, 0.1) is 0 Å². The molecule has 0 aliphatic carbocycles. The molecule has 36 heavy (non-hydrogen) atoms. The molecular formula is C24H22Cl5N3O4. The van der Waals surface area contributed by atoms with E-state index in [-0.39, 0.29) is 30.5 Å². The Labute approximate surface area is 233 Å². The number of alkyl halides is 3. The standard InChI is InChI=1S/C24H22Cl5N3O4/c25-20-21(26)32(13-31-20)11-18-9-19(16-5-3-15(12-33)4-6-16)36-22(35-18)17-7-1-14(2-8-17)10-30-23(34)24(27,28)29/h1-8,13,18-19,22,33H,9-12H2,(H,30,34)/t18-,19+,22+/m0/s1. The van der Waals surface area contributed by atoms with Crippen LogP contribution >= 0.6 is 58.0 Å². The SMILES string of the molecule is O=C(NCc1ccc([C@@H]2O[C@H](Cn3cnc(Cl)c3Cl)C[C@H](c3ccc(CO)cc3)O2)cc1)C(Cl)(Cl)Cl. The highest BCUT2D eigenvalue weighted by molar-refractivity contribution is 6.76. The molecule has 0 saturated carbocycles. The molecule has 0 bridgehead atoms. The zero-order valence-corrected chi connectivity index (χ0v) is 22.5. The van der Waals surface area contributed by atoms with Crippen molar-refractivity contribution in [2.45, 2.75) is 48.4 Å². The summed E-state index contributed by atoms with van der Waals surface area (Å²) in [6.07, 6.45) is 0.972. The normalized spacial score (nSPS) is 20.3. The molecule has 3 atom stereocenters. The van der Waals surface area contributed by atoms with Crippen molar-refractivity contribution in [2.24, 2.45) is 0 Å². The van der Waals surface area contributed by atoms with Gasteiger partial charge in [0.05, 0.1) is 31.7 Å². The number of nitrogens with one attached hydrogen (secondary N) is 1. The Kier molecular flexibility index (Phi) is 9.07. The van der Waals surface area contributed by atoms with Gasteiger partial charge in [0.2, 0.25) is 0 Å². The van der Waals surface area contributed by atoms with Gasteiger partial charge in [-0.25, -0.2) is 4.98 Å². The molecule has 1 saturated heterocycles. The molecule has 2 aromatic carbocycles. The third-order valence-corrected chi connectivity index (χ3v) is 6.99. The highest BCUT2D eigenvalue weighted by Gasteiger charge is 2.33. The fourth-order valence-corrected chi connectivity index (χ4v) is 4.31. The lowest BCUT2D eigenvalue weighted by Gasteiger charge is -2.36. The van der Waals surface area contributed by atoms with Gasteiger partial charge in [-0.1, -0.05) is 107 Å². The van der Waals surface area contributed by atoms with E-state index in [1.165, 1.54) is 0 Å². The van der Waals surface area contributed by atoms with Gasteiger partial charge in [-0.2, -0.15) is 0 Å². The van der Waals surface area contributed by atoms with Gasteiger partial charge >= 0.3 is 0 Å². The molecule has 0 spiro atoms. The Balaban J connectivity index is 1.51. The minimum Gasteiger partial charge on any atom is -0.392 e. The predicted molar refractivity (Wildman–Crippen MR) is 139 cm³/mol. The van der Waals surface area contributed by atoms with Gasteiger partial charge in [-0.05, 0) is 16.7 Å². The zero-order valence-electron chi connectivity index (χ0n) is 18.7. The summed E-state index contributed by atoms with van der Waals surface area (Å²) in [6, 6.07) is 15.0. The Morgan fingerprint density at radius 2 is 1.67 bits per heavy atom. The van der Waals surface area contributed by atoms with E-state index in [9.17, 15) is 9.90 Å². The summed E-state index contributed by atoms with van der Waals surface area (Å²) in [7, 11) is 0.